The molecular weight excluding hydrogens is 178 g/mol. The van der Waals surface area contributed by atoms with Crippen LogP contribution in [-0.2, 0) is 4.79 Å². The van der Waals surface area contributed by atoms with E-state index < -0.39 is 30.1 Å². The van der Waals surface area contributed by atoms with E-state index in [1.807, 2.05) is 0 Å². The minimum Gasteiger partial charge on any atom is -0.481 e. The van der Waals surface area contributed by atoms with Crippen LogP contribution in [-0.4, -0.2) is 17.0 Å². The normalized spacial score (nSPS) is 30.3. The molecule has 2 nitrogen and oxygen atoms in total. The summed E-state index contributed by atoms with van der Waals surface area (Å²) in [6.07, 6.45) is 1.72. The topological polar surface area (TPSA) is 37.3 Å². The van der Waals surface area contributed by atoms with Crippen molar-refractivity contribution in [2.24, 2.45) is 11.3 Å². The molecule has 0 aromatic carbocycles. The van der Waals surface area contributed by atoms with Gasteiger partial charge in [-0.25, -0.2) is 8.78 Å². The van der Waals surface area contributed by atoms with Crippen molar-refractivity contribution in [1.82, 2.24) is 0 Å². The van der Waals surface area contributed by atoms with Gasteiger partial charge in [-0.1, -0.05) is 6.42 Å². The third-order valence-corrected chi connectivity index (χ3v) is 3.46. The third kappa shape index (κ3) is 1.15. The maximum absolute atomic E-state index is 12.7. The van der Waals surface area contributed by atoms with E-state index in [-0.39, 0.29) is 5.92 Å². The molecule has 0 saturated heterocycles. The number of rotatable bonds is 2. The molecule has 2 aliphatic carbocycles. The quantitative estimate of drug-likeness (QED) is 0.725. The fraction of sp³-hybridized carbons (Fsp3) is 0.889. The Morgan fingerprint density at radius 3 is 2.08 bits per heavy atom. The first-order valence-electron chi connectivity index (χ1n) is 4.58. The second-order valence-electron chi connectivity index (χ2n) is 4.30. The lowest BCUT2D eigenvalue weighted by Crippen LogP contribution is -2.56. The Labute approximate surface area is 74.9 Å². The minimum atomic E-state index is -2.73. The van der Waals surface area contributed by atoms with Crippen molar-refractivity contribution in [3.05, 3.63) is 0 Å². The van der Waals surface area contributed by atoms with E-state index in [1.165, 1.54) is 0 Å². The summed E-state index contributed by atoms with van der Waals surface area (Å²) < 4.78 is 25.3. The number of carboxylic acids is 1. The summed E-state index contributed by atoms with van der Waals surface area (Å²) in [6.45, 7) is 0. The number of aliphatic carboxylic acids is 1. The highest BCUT2D eigenvalue weighted by atomic mass is 19.3. The molecule has 0 aliphatic heterocycles. The zero-order valence-electron chi connectivity index (χ0n) is 7.22. The molecule has 0 radical (unpaired) electrons. The Morgan fingerprint density at radius 1 is 1.31 bits per heavy atom. The standard InChI is InChI=1S/C9H12F2O2/c10-9(11)4-8(5-9,7(12)13)6-2-1-3-6/h6H,1-5H2,(H,12,13). The molecule has 2 saturated carbocycles. The molecule has 0 heterocycles. The molecule has 2 rings (SSSR count). The SMILES string of the molecule is O=C(O)C1(C2CCC2)CC(F)(F)C1. The largest absolute Gasteiger partial charge is 0.481 e. The van der Waals surface area contributed by atoms with Gasteiger partial charge < -0.3 is 5.11 Å². The first kappa shape index (κ1) is 8.91. The van der Waals surface area contributed by atoms with Crippen molar-refractivity contribution in [2.75, 3.05) is 0 Å². The minimum absolute atomic E-state index is 0.00428. The zero-order valence-corrected chi connectivity index (χ0v) is 7.22. The van der Waals surface area contributed by atoms with E-state index in [0.717, 1.165) is 19.3 Å². The monoisotopic (exact) mass is 190 g/mol. The smallest absolute Gasteiger partial charge is 0.310 e. The predicted molar refractivity (Wildman–Crippen MR) is 41.6 cm³/mol. The van der Waals surface area contributed by atoms with Crippen molar-refractivity contribution in [3.63, 3.8) is 0 Å². The first-order chi connectivity index (χ1) is 5.96. The molecule has 2 aliphatic rings. The average molecular weight is 190 g/mol. The highest BCUT2D eigenvalue weighted by Crippen LogP contribution is 2.60. The van der Waals surface area contributed by atoms with Crippen molar-refractivity contribution in [1.29, 1.82) is 0 Å². The Balaban J connectivity index is 2.11. The van der Waals surface area contributed by atoms with Crippen molar-refractivity contribution in [2.45, 2.75) is 38.0 Å². The van der Waals surface area contributed by atoms with Crippen LogP contribution in [0.3, 0.4) is 0 Å². The third-order valence-electron chi connectivity index (χ3n) is 3.46. The summed E-state index contributed by atoms with van der Waals surface area (Å²) >= 11 is 0. The molecule has 4 heteroatoms. The van der Waals surface area contributed by atoms with Gasteiger partial charge in [0.25, 0.3) is 0 Å². The lowest BCUT2D eigenvalue weighted by Gasteiger charge is -2.51. The molecule has 74 valence electrons. The molecule has 0 atom stereocenters. The Morgan fingerprint density at radius 2 is 1.85 bits per heavy atom. The molecule has 0 aromatic heterocycles. The van der Waals surface area contributed by atoms with Gasteiger partial charge in [0.1, 0.15) is 0 Å². The van der Waals surface area contributed by atoms with Crippen LogP contribution in [0.2, 0.25) is 0 Å². The molecule has 0 unspecified atom stereocenters. The van der Waals surface area contributed by atoms with Crippen LogP contribution < -0.4 is 0 Å². The van der Waals surface area contributed by atoms with Crippen LogP contribution in [0, 0.1) is 11.3 Å². The summed E-state index contributed by atoms with van der Waals surface area (Å²) in [7, 11) is 0. The number of carbonyl (C=O) groups is 1. The van der Waals surface area contributed by atoms with Crippen molar-refractivity contribution < 1.29 is 18.7 Å². The van der Waals surface area contributed by atoms with Gasteiger partial charge in [-0.05, 0) is 18.8 Å². The lowest BCUT2D eigenvalue weighted by atomic mass is 9.53. The molecular formula is C9H12F2O2. The molecule has 0 bridgehead atoms. The van der Waals surface area contributed by atoms with Crippen LogP contribution >= 0.6 is 0 Å². The van der Waals surface area contributed by atoms with Gasteiger partial charge in [-0.2, -0.15) is 0 Å². The van der Waals surface area contributed by atoms with Crippen LogP contribution in [0.5, 0.6) is 0 Å². The number of hydrogen-bond acceptors (Lipinski definition) is 1. The molecule has 2 fully saturated rings. The summed E-state index contributed by atoms with van der Waals surface area (Å²) in [5.74, 6) is -3.75. The number of hydrogen-bond donors (Lipinski definition) is 1. The predicted octanol–water partition coefficient (Wildman–Crippen LogP) is 2.29. The second-order valence-corrected chi connectivity index (χ2v) is 4.30. The van der Waals surface area contributed by atoms with Gasteiger partial charge in [-0.3, -0.25) is 4.79 Å². The van der Waals surface area contributed by atoms with E-state index >= 15 is 0 Å². The molecule has 0 spiro atoms. The second kappa shape index (κ2) is 2.42. The molecule has 1 N–H and O–H groups in total. The first-order valence-corrected chi connectivity index (χ1v) is 4.58. The fourth-order valence-electron chi connectivity index (χ4n) is 2.45. The molecule has 0 aromatic rings. The summed E-state index contributed by atoms with van der Waals surface area (Å²) in [5, 5.41) is 8.92. The van der Waals surface area contributed by atoms with Gasteiger partial charge in [0.2, 0.25) is 5.92 Å². The van der Waals surface area contributed by atoms with Crippen LogP contribution in [0.4, 0.5) is 8.78 Å². The Hall–Kier alpha value is -0.670. The highest BCUT2D eigenvalue weighted by molar-refractivity contribution is 5.77. The lowest BCUT2D eigenvalue weighted by molar-refractivity contribution is -0.213. The van der Waals surface area contributed by atoms with E-state index in [4.69, 9.17) is 5.11 Å². The number of alkyl halides is 2. The van der Waals surface area contributed by atoms with Gasteiger partial charge >= 0.3 is 5.97 Å². The van der Waals surface area contributed by atoms with Gasteiger partial charge in [0.05, 0.1) is 5.41 Å². The highest BCUT2D eigenvalue weighted by Gasteiger charge is 2.65. The van der Waals surface area contributed by atoms with E-state index in [2.05, 4.69) is 0 Å². The summed E-state index contributed by atoms with van der Waals surface area (Å²) in [6, 6.07) is 0. The van der Waals surface area contributed by atoms with Crippen LogP contribution in [0.1, 0.15) is 32.1 Å². The van der Waals surface area contributed by atoms with E-state index in [9.17, 15) is 13.6 Å². The van der Waals surface area contributed by atoms with Crippen molar-refractivity contribution in [3.8, 4) is 0 Å². The summed E-state index contributed by atoms with van der Waals surface area (Å²) in [4.78, 5) is 10.9. The summed E-state index contributed by atoms with van der Waals surface area (Å²) in [5.41, 5.74) is -1.08. The van der Waals surface area contributed by atoms with Gasteiger partial charge in [-0.15, -0.1) is 0 Å². The van der Waals surface area contributed by atoms with Crippen LogP contribution in [0.25, 0.3) is 0 Å². The van der Waals surface area contributed by atoms with E-state index in [1.54, 1.807) is 0 Å². The van der Waals surface area contributed by atoms with Gasteiger partial charge in [0, 0.05) is 12.8 Å². The molecule has 0 amide bonds. The zero-order chi connectivity index (χ0) is 9.69. The Bertz CT molecular complexity index is 238. The number of carboxylic acid groups (broad SMARTS) is 1. The van der Waals surface area contributed by atoms with E-state index in [0.29, 0.717) is 0 Å². The fourth-order valence-corrected chi connectivity index (χ4v) is 2.45. The maximum atomic E-state index is 12.7. The number of halogens is 2. The van der Waals surface area contributed by atoms with Crippen LogP contribution in [0.15, 0.2) is 0 Å². The average Bonchev–Trinajstić information content (AvgIpc) is 1.77. The van der Waals surface area contributed by atoms with Crippen molar-refractivity contribution >= 4 is 5.97 Å². The Kier molecular flexibility index (Phi) is 1.66. The molecule has 13 heavy (non-hydrogen) atoms. The van der Waals surface area contributed by atoms with Gasteiger partial charge in [0.15, 0.2) is 0 Å². The maximum Gasteiger partial charge on any atom is 0.310 e.